The molecular weight excluding hydrogens is 283 g/mol. The fourth-order valence-corrected chi connectivity index (χ4v) is 0.574. The van der Waals surface area contributed by atoms with Crippen molar-refractivity contribution in [3.63, 3.8) is 0 Å². The van der Waals surface area contributed by atoms with Gasteiger partial charge in [0, 0.05) is 0 Å². The van der Waals surface area contributed by atoms with Gasteiger partial charge in [-0.2, -0.15) is 0 Å². The summed E-state index contributed by atoms with van der Waals surface area (Å²) in [7, 11) is -2.17. The fraction of sp³-hybridized carbons (Fsp3) is 0. The minimum Gasteiger partial charge on any atom is -0.402 e. The number of nitro groups is 2. The zero-order valence-corrected chi connectivity index (χ0v) is 9.39. The van der Waals surface area contributed by atoms with Crippen LogP contribution < -0.4 is 0 Å². The highest BCUT2D eigenvalue weighted by Gasteiger charge is 2.03. The molecule has 5 N–H and O–H groups in total. The van der Waals surface area contributed by atoms with Crippen LogP contribution in [0.2, 0.25) is 0 Å². The average molecular weight is 290 g/mol. The molecule has 0 fully saturated rings. The fourth-order valence-electron chi connectivity index (χ4n) is 0.574. The maximum absolute atomic E-state index is 9.73. The quantitative estimate of drug-likeness (QED) is 0.218. The Morgan fingerprint density at radius 3 is 1.35 bits per heavy atom. The van der Waals surface area contributed by atoms with Crippen LogP contribution >= 0.6 is 0 Å². The van der Waals surface area contributed by atoms with E-state index in [1.54, 1.807) is 0 Å². The molecule has 2 rings (SSSR count). The van der Waals surface area contributed by atoms with E-state index < -0.39 is 17.2 Å². The lowest BCUT2D eigenvalue weighted by molar-refractivity contribution is -0.394. The molecule has 108 valence electrons. The van der Waals surface area contributed by atoms with Crippen LogP contribution in [-0.4, -0.2) is 62.6 Å². The summed E-state index contributed by atoms with van der Waals surface area (Å²) in [5.41, 5.74) is 0. The van der Waals surface area contributed by atoms with Gasteiger partial charge in [0.25, 0.3) is 0 Å². The highest BCUT2D eigenvalue weighted by molar-refractivity contribution is 6.30. The van der Waals surface area contributed by atoms with Gasteiger partial charge < -0.3 is 35.3 Å². The Hall–Kier alpha value is -2.98. The van der Waals surface area contributed by atoms with Crippen LogP contribution in [0.15, 0.2) is 12.7 Å². The number of hydrogen-bond acceptors (Lipinski definition) is 11. The first-order valence-corrected chi connectivity index (χ1v) is 4.38. The van der Waals surface area contributed by atoms with E-state index >= 15 is 0 Å². The van der Waals surface area contributed by atoms with Gasteiger partial charge in [-0.25, -0.2) is 0 Å². The van der Waals surface area contributed by atoms with Crippen molar-refractivity contribution in [2.24, 2.45) is 0 Å². The maximum atomic E-state index is 9.73. The molecule has 0 aliphatic carbocycles. The summed E-state index contributed by atoms with van der Waals surface area (Å²) in [4.78, 5) is 24.7. The topological polar surface area (TPSA) is 230 Å². The van der Waals surface area contributed by atoms with Crippen molar-refractivity contribution in [1.29, 1.82) is 0 Å². The molecule has 0 amide bonds. The van der Waals surface area contributed by atoms with Crippen molar-refractivity contribution in [2.75, 3.05) is 0 Å². The Balaban J connectivity index is 0.000000289. The van der Waals surface area contributed by atoms with Crippen LogP contribution in [0.4, 0.5) is 11.9 Å². The van der Waals surface area contributed by atoms with E-state index in [-0.39, 0.29) is 11.9 Å². The van der Waals surface area contributed by atoms with Crippen LogP contribution in [0.1, 0.15) is 0 Å². The minimum absolute atomic E-state index is 0.329. The zero-order chi connectivity index (χ0) is 15.5. The maximum Gasteiger partial charge on any atom is 0.631 e. The van der Waals surface area contributed by atoms with E-state index in [1.165, 1.54) is 0 Å². The highest BCUT2D eigenvalue weighted by Crippen LogP contribution is 1.94. The molecule has 0 aromatic carbocycles. The molecule has 20 heavy (non-hydrogen) atoms. The lowest BCUT2D eigenvalue weighted by atomic mass is 10.3. The third-order valence-corrected chi connectivity index (χ3v) is 1.15. The van der Waals surface area contributed by atoms with Gasteiger partial charge in [-0.3, -0.25) is 0 Å². The second-order valence-corrected chi connectivity index (χ2v) is 2.48. The molecule has 0 atom stereocenters. The van der Waals surface area contributed by atoms with Crippen molar-refractivity contribution in [3.8, 4) is 0 Å². The normalized spacial score (nSPS) is 8.55. The molecule has 0 spiro atoms. The molecule has 0 aliphatic heterocycles. The van der Waals surface area contributed by atoms with E-state index in [1.807, 2.05) is 0 Å². The minimum atomic E-state index is -2.17. The Morgan fingerprint density at radius 2 is 1.25 bits per heavy atom. The van der Waals surface area contributed by atoms with Gasteiger partial charge in [0.15, 0.2) is 0 Å². The van der Waals surface area contributed by atoms with Crippen molar-refractivity contribution in [2.45, 2.75) is 0 Å². The monoisotopic (exact) mass is 290 g/mol. The predicted octanol–water partition coefficient (Wildman–Crippen LogP) is -2.63. The molecule has 0 bridgehead atoms. The van der Waals surface area contributed by atoms with E-state index in [4.69, 9.17) is 15.1 Å². The molecule has 0 aliphatic rings. The van der Waals surface area contributed by atoms with E-state index in [0.717, 1.165) is 12.7 Å². The van der Waals surface area contributed by atoms with Crippen LogP contribution in [0.25, 0.3) is 0 Å². The zero-order valence-electron chi connectivity index (χ0n) is 9.39. The van der Waals surface area contributed by atoms with E-state index in [2.05, 4.69) is 30.4 Å². The number of rotatable bonds is 2. The Labute approximate surface area is 108 Å². The van der Waals surface area contributed by atoms with Gasteiger partial charge in [-0.15, -0.1) is 10.2 Å². The predicted molar refractivity (Wildman–Crippen MR) is 58.5 cm³/mol. The largest absolute Gasteiger partial charge is 0.631 e. The van der Waals surface area contributed by atoms with E-state index in [0.29, 0.717) is 0 Å². The summed E-state index contributed by atoms with van der Waals surface area (Å²) in [6.45, 7) is 0. The first-order chi connectivity index (χ1) is 9.34. The summed E-state index contributed by atoms with van der Waals surface area (Å²) in [5.74, 6) is -0.657. The second kappa shape index (κ2) is 9.02. The lowest BCUT2D eigenvalue weighted by Gasteiger charge is -1.82. The van der Waals surface area contributed by atoms with Crippen LogP contribution in [0.3, 0.4) is 0 Å². The SMILES string of the molecule is O=[N+]([O-])c1ncn[nH]1.O=[N+]([O-])c1ncn[nH]1.OB(O)O. The van der Waals surface area contributed by atoms with Gasteiger partial charge in [0.05, 0.1) is 0 Å². The third-order valence-electron chi connectivity index (χ3n) is 1.15. The van der Waals surface area contributed by atoms with Gasteiger partial charge >= 0.3 is 19.2 Å². The number of hydrogen-bond donors (Lipinski definition) is 5. The van der Waals surface area contributed by atoms with Crippen molar-refractivity contribution >= 4 is 19.2 Å². The molecule has 0 saturated heterocycles. The lowest BCUT2D eigenvalue weighted by Crippen LogP contribution is -2.07. The molecule has 2 heterocycles. The second-order valence-electron chi connectivity index (χ2n) is 2.48. The number of nitrogens with one attached hydrogen (secondary N) is 2. The first-order valence-electron chi connectivity index (χ1n) is 4.38. The number of aromatic amines is 2. The number of nitrogens with zero attached hydrogens (tertiary/aromatic N) is 6. The summed E-state index contributed by atoms with van der Waals surface area (Å²) >= 11 is 0. The molecule has 0 saturated carbocycles. The van der Waals surface area contributed by atoms with Crippen molar-refractivity contribution in [1.82, 2.24) is 30.4 Å². The van der Waals surface area contributed by atoms with Crippen LogP contribution in [0.5, 0.6) is 0 Å². The van der Waals surface area contributed by atoms with Gasteiger partial charge in [0.2, 0.25) is 12.7 Å². The smallest absolute Gasteiger partial charge is 0.402 e. The third kappa shape index (κ3) is 8.17. The average Bonchev–Trinajstić information content (AvgIpc) is 3.03. The standard InChI is InChI=1S/2C2H2N4O2.BH3O3/c2*7-6(8)2-3-1-4-5-2;2-1(3)4/h2*1H,(H,3,4,5);2-4H. The molecule has 0 radical (unpaired) electrons. The highest BCUT2D eigenvalue weighted by atomic mass is 16.6. The molecule has 2 aromatic heterocycles. The summed E-state index contributed by atoms with van der Waals surface area (Å²) in [6, 6.07) is 0. The first kappa shape index (κ1) is 17.0. The van der Waals surface area contributed by atoms with Gasteiger partial charge in [0.1, 0.15) is 0 Å². The van der Waals surface area contributed by atoms with Gasteiger partial charge in [-0.1, -0.05) is 20.2 Å². The van der Waals surface area contributed by atoms with E-state index in [9.17, 15) is 20.2 Å². The molecule has 16 heteroatoms. The molecule has 15 nitrogen and oxygen atoms in total. The summed E-state index contributed by atoms with van der Waals surface area (Å²) in [6.07, 6.45) is 2.16. The molecule has 0 unspecified atom stereocenters. The Bertz CT molecular complexity index is 452. The Kier molecular flexibility index (Phi) is 7.68. The summed E-state index contributed by atoms with van der Waals surface area (Å²) < 4.78 is 0. The van der Waals surface area contributed by atoms with Crippen LogP contribution in [0, 0.1) is 20.2 Å². The van der Waals surface area contributed by atoms with Crippen molar-refractivity contribution in [3.05, 3.63) is 32.9 Å². The molecule has 2 aromatic rings. The van der Waals surface area contributed by atoms with Crippen molar-refractivity contribution < 1.29 is 24.9 Å². The van der Waals surface area contributed by atoms with Gasteiger partial charge in [-0.05, 0) is 9.85 Å². The number of aromatic nitrogens is 6. The molecular formula is C4H7BN8O7. The van der Waals surface area contributed by atoms with Crippen LogP contribution in [-0.2, 0) is 0 Å². The summed E-state index contributed by atoms with van der Waals surface area (Å²) in [5, 5.41) is 51.7. The Morgan fingerprint density at radius 1 is 0.950 bits per heavy atom. The number of H-pyrrole nitrogens is 2.